The number of hydrogen-bond acceptors (Lipinski definition) is 11. The van der Waals surface area contributed by atoms with E-state index in [1.165, 1.54) is 0 Å². The van der Waals surface area contributed by atoms with Gasteiger partial charge in [-0.05, 0) is 60.9 Å². The fourth-order valence-corrected chi connectivity index (χ4v) is 5.85. The van der Waals surface area contributed by atoms with Crippen LogP contribution in [-0.4, -0.2) is 65.3 Å². The molecule has 1 unspecified atom stereocenters. The molecule has 0 spiro atoms. The van der Waals surface area contributed by atoms with Crippen LogP contribution in [0, 0.1) is 22.0 Å². The molecule has 2 aromatic heterocycles. The van der Waals surface area contributed by atoms with Crippen molar-refractivity contribution in [1.29, 1.82) is 0 Å². The van der Waals surface area contributed by atoms with E-state index in [-0.39, 0.29) is 50.1 Å². The Morgan fingerprint density at radius 2 is 1.82 bits per heavy atom. The van der Waals surface area contributed by atoms with E-state index in [1.54, 1.807) is 13.8 Å². The van der Waals surface area contributed by atoms with Gasteiger partial charge in [-0.3, -0.25) is 9.59 Å². The number of aliphatic hydroxyl groups is 1. The van der Waals surface area contributed by atoms with Crippen LogP contribution in [0.15, 0.2) is 48.5 Å². The van der Waals surface area contributed by atoms with Crippen molar-refractivity contribution < 1.29 is 29.4 Å². The van der Waals surface area contributed by atoms with Gasteiger partial charge in [0.15, 0.2) is 5.78 Å². The zero-order valence-electron chi connectivity index (χ0n) is 28.7. The number of hydrogen-bond donors (Lipinski definition) is 2. The van der Waals surface area contributed by atoms with Gasteiger partial charge in [-0.1, -0.05) is 69.3 Å². The first-order chi connectivity index (χ1) is 23.4. The summed E-state index contributed by atoms with van der Waals surface area (Å²) >= 11 is 0. The topological polar surface area (TPSA) is 188 Å². The van der Waals surface area contributed by atoms with Crippen LogP contribution in [-0.2, 0) is 32.9 Å². The van der Waals surface area contributed by atoms with Crippen molar-refractivity contribution in [2.75, 3.05) is 13.2 Å². The normalized spacial score (nSPS) is 12.2. The standard InChI is InChI=1S/C35H45N7O7/c1-6-10-30-36-33(35(4,5)45)32(29(43)20-25(19-23(2)3)22-48-31(44)13-9-18-49-42(46)47)41(30)21-24-14-16-26(17-15-24)27-11-7-8-12-28(27)34-37-39-40-38-34/h7-8,11-12,14-17,23,25,45H,6,9-10,13,18-22H2,1-5H3,(H,37,38,39,40). The Balaban J connectivity index is 1.59. The van der Waals surface area contributed by atoms with Gasteiger partial charge in [-0.2, -0.15) is 5.21 Å². The van der Waals surface area contributed by atoms with Crippen LogP contribution >= 0.6 is 0 Å². The molecule has 14 heteroatoms. The van der Waals surface area contributed by atoms with E-state index in [1.807, 2.05) is 73.9 Å². The second-order valence-electron chi connectivity index (χ2n) is 13.1. The first kappa shape index (κ1) is 36.8. The quantitative estimate of drug-likeness (QED) is 0.0406. The van der Waals surface area contributed by atoms with Gasteiger partial charge < -0.3 is 19.2 Å². The van der Waals surface area contributed by atoms with Gasteiger partial charge in [0.05, 0.1) is 13.2 Å². The third kappa shape index (κ3) is 10.3. The average molecular weight is 676 g/mol. The van der Waals surface area contributed by atoms with Gasteiger partial charge in [-0.15, -0.1) is 20.3 Å². The Labute approximate surface area is 285 Å². The highest BCUT2D eigenvalue weighted by atomic mass is 16.9. The maximum atomic E-state index is 14.2. The molecule has 2 N–H and O–H groups in total. The summed E-state index contributed by atoms with van der Waals surface area (Å²) in [5.74, 6) is 0.444. The van der Waals surface area contributed by atoms with Gasteiger partial charge in [0, 0.05) is 37.3 Å². The van der Waals surface area contributed by atoms with Crippen molar-refractivity contribution in [3.63, 3.8) is 0 Å². The van der Waals surface area contributed by atoms with Crippen molar-refractivity contribution in [3.8, 4) is 22.5 Å². The number of aryl methyl sites for hydroxylation is 1. The minimum atomic E-state index is -1.38. The van der Waals surface area contributed by atoms with E-state index in [4.69, 9.17) is 9.72 Å². The van der Waals surface area contributed by atoms with Gasteiger partial charge in [0.25, 0.3) is 5.09 Å². The van der Waals surface area contributed by atoms with E-state index < -0.39 is 16.7 Å². The second-order valence-corrected chi connectivity index (χ2v) is 13.1. The van der Waals surface area contributed by atoms with Gasteiger partial charge in [-0.25, -0.2) is 4.98 Å². The number of H-pyrrole nitrogens is 1. The van der Waals surface area contributed by atoms with Crippen LogP contribution in [0.2, 0.25) is 0 Å². The van der Waals surface area contributed by atoms with E-state index in [0.29, 0.717) is 42.4 Å². The molecule has 0 aliphatic carbocycles. The summed E-state index contributed by atoms with van der Waals surface area (Å²) < 4.78 is 7.41. The summed E-state index contributed by atoms with van der Waals surface area (Å²) in [5, 5.41) is 35.1. The zero-order valence-corrected chi connectivity index (χ0v) is 28.7. The smallest absolute Gasteiger partial charge is 0.305 e. The Kier molecular flexibility index (Phi) is 12.7. The van der Waals surface area contributed by atoms with Crippen LogP contribution in [0.25, 0.3) is 22.5 Å². The number of benzene rings is 2. The number of esters is 1. The average Bonchev–Trinajstić information content (AvgIpc) is 3.71. The third-order valence-corrected chi connectivity index (χ3v) is 7.96. The molecule has 0 aliphatic rings. The number of rotatable bonds is 19. The molecule has 0 amide bonds. The van der Waals surface area contributed by atoms with Crippen LogP contribution in [0.4, 0.5) is 0 Å². The predicted octanol–water partition coefficient (Wildman–Crippen LogP) is 5.73. The lowest BCUT2D eigenvalue weighted by Crippen LogP contribution is -2.25. The molecule has 14 nitrogen and oxygen atoms in total. The van der Waals surface area contributed by atoms with Gasteiger partial charge in [0.1, 0.15) is 22.8 Å². The molecule has 0 radical (unpaired) electrons. The molecule has 4 rings (SSSR count). The lowest BCUT2D eigenvalue weighted by Gasteiger charge is -2.21. The minimum Gasteiger partial charge on any atom is -0.465 e. The van der Waals surface area contributed by atoms with E-state index >= 15 is 0 Å². The lowest BCUT2D eigenvalue weighted by atomic mass is 9.90. The van der Waals surface area contributed by atoms with Crippen molar-refractivity contribution >= 4 is 11.8 Å². The summed E-state index contributed by atoms with van der Waals surface area (Å²) in [7, 11) is 0. The highest BCUT2D eigenvalue weighted by molar-refractivity contribution is 5.96. The number of ether oxygens (including phenoxy) is 1. The maximum Gasteiger partial charge on any atom is 0.305 e. The number of nitrogens with one attached hydrogen (secondary N) is 1. The zero-order chi connectivity index (χ0) is 35.6. The predicted molar refractivity (Wildman–Crippen MR) is 181 cm³/mol. The molecule has 0 bridgehead atoms. The Morgan fingerprint density at radius 3 is 2.43 bits per heavy atom. The minimum absolute atomic E-state index is 0.0272. The SMILES string of the molecule is CCCc1nc(C(C)(C)O)c(C(=O)CC(COC(=O)CCCO[N+](=O)[O-])CC(C)C)n1Cc1ccc(-c2ccccc2-c2nn[nH]n2)cc1. The van der Waals surface area contributed by atoms with Crippen molar-refractivity contribution in [3.05, 3.63) is 81.4 Å². The Hall–Kier alpha value is -4.98. The molecule has 0 saturated carbocycles. The number of nitrogens with zero attached hydrogens (tertiary/aromatic N) is 6. The molecule has 262 valence electrons. The number of Topliss-reactive ketones (excluding diaryl/α,β-unsaturated/α-hetero) is 1. The number of tetrazole rings is 1. The summed E-state index contributed by atoms with van der Waals surface area (Å²) in [5.41, 5.74) is 2.99. The number of carbonyl (C=O) groups is 2. The Morgan fingerprint density at radius 1 is 1.10 bits per heavy atom. The third-order valence-electron chi connectivity index (χ3n) is 7.96. The largest absolute Gasteiger partial charge is 0.465 e. The highest BCUT2D eigenvalue weighted by Crippen LogP contribution is 2.32. The van der Waals surface area contributed by atoms with Crippen LogP contribution in [0.3, 0.4) is 0 Å². The number of aromatic amines is 1. The second kappa shape index (κ2) is 16.9. The van der Waals surface area contributed by atoms with Crippen LogP contribution < -0.4 is 0 Å². The summed E-state index contributed by atoms with van der Waals surface area (Å²) in [6.07, 6.45) is 2.23. The molecule has 2 aromatic carbocycles. The molecular weight excluding hydrogens is 630 g/mol. The van der Waals surface area contributed by atoms with Crippen molar-refractivity contribution in [2.45, 2.75) is 85.3 Å². The van der Waals surface area contributed by atoms with Gasteiger partial charge >= 0.3 is 5.97 Å². The van der Waals surface area contributed by atoms with Crippen LogP contribution in [0.1, 0.15) is 94.3 Å². The summed E-state index contributed by atoms with van der Waals surface area (Å²) in [4.78, 5) is 46.0. The van der Waals surface area contributed by atoms with E-state index in [2.05, 4.69) is 25.5 Å². The van der Waals surface area contributed by atoms with E-state index in [9.17, 15) is 24.8 Å². The van der Waals surface area contributed by atoms with Crippen molar-refractivity contribution in [1.82, 2.24) is 30.2 Å². The first-order valence-electron chi connectivity index (χ1n) is 16.6. The maximum absolute atomic E-state index is 14.2. The molecular formula is C35H45N7O7. The molecule has 0 fully saturated rings. The number of ketones is 1. The molecule has 0 aliphatic heterocycles. The molecule has 0 saturated heterocycles. The molecule has 49 heavy (non-hydrogen) atoms. The number of carbonyl (C=O) groups excluding carboxylic acids is 2. The highest BCUT2D eigenvalue weighted by Gasteiger charge is 2.33. The Bertz CT molecular complexity index is 1690. The monoisotopic (exact) mass is 675 g/mol. The lowest BCUT2D eigenvalue weighted by molar-refractivity contribution is -0.757. The first-order valence-corrected chi connectivity index (χ1v) is 16.6. The number of imidazole rings is 1. The summed E-state index contributed by atoms with van der Waals surface area (Å²) in [6.45, 7) is 9.54. The van der Waals surface area contributed by atoms with Gasteiger partial charge in [0.2, 0.25) is 5.82 Å². The number of aromatic nitrogens is 6. The molecule has 2 heterocycles. The summed E-state index contributed by atoms with van der Waals surface area (Å²) in [6, 6.07) is 15.9. The molecule has 4 aromatic rings. The van der Waals surface area contributed by atoms with E-state index in [0.717, 1.165) is 28.7 Å². The van der Waals surface area contributed by atoms with Crippen molar-refractivity contribution in [2.24, 2.45) is 11.8 Å². The fourth-order valence-electron chi connectivity index (χ4n) is 5.85. The molecule has 1 atom stereocenters. The van der Waals surface area contributed by atoms with Crippen LogP contribution in [0.5, 0.6) is 0 Å². The fraction of sp³-hybridized carbons (Fsp3) is 0.486.